The molecule has 1 N–H and O–H groups in total. The Hall–Kier alpha value is -1.97. The average Bonchev–Trinajstić information content (AvgIpc) is 2.62. The third kappa shape index (κ3) is 5.55. The highest BCUT2D eigenvalue weighted by Crippen LogP contribution is 2.31. The lowest BCUT2D eigenvalue weighted by molar-refractivity contribution is -0.137. The van der Waals surface area contributed by atoms with E-state index in [1.165, 1.54) is 0 Å². The number of benzene rings is 2. The number of sulfonamides is 1. The molecule has 0 radical (unpaired) electrons. The van der Waals surface area contributed by atoms with Crippen LogP contribution in [0.15, 0.2) is 47.4 Å². The van der Waals surface area contributed by atoms with Crippen molar-refractivity contribution in [3.8, 4) is 0 Å². The number of rotatable bonds is 4. The van der Waals surface area contributed by atoms with Gasteiger partial charge in [0, 0.05) is 37.6 Å². The van der Waals surface area contributed by atoms with E-state index in [4.69, 9.17) is 0 Å². The van der Waals surface area contributed by atoms with E-state index in [0.717, 1.165) is 55.6 Å². The maximum Gasteiger partial charge on any atom is 0.416 e. The summed E-state index contributed by atoms with van der Waals surface area (Å²) in [4.78, 5) is 4.05. The van der Waals surface area contributed by atoms with E-state index in [1.807, 2.05) is 13.0 Å². The van der Waals surface area contributed by atoms with Crippen LogP contribution >= 0.6 is 12.4 Å². The van der Waals surface area contributed by atoms with Crippen molar-refractivity contribution in [2.45, 2.75) is 18.0 Å². The summed E-state index contributed by atoms with van der Waals surface area (Å²) in [7, 11) is -2.06. The summed E-state index contributed by atoms with van der Waals surface area (Å²) < 4.78 is 66.0. The van der Waals surface area contributed by atoms with E-state index >= 15 is 0 Å². The van der Waals surface area contributed by atoms with Gasteiger partial charge in [0.2, 0.25) is 0 Å². The minimum Gasteiger partial charge on any atom is -0.369 e. The topological polar surface area (TPSA) is 52.7 Å². The van der Waals surface area contributed by atoms with Crippen molar-refractivity contribution in [2.24, 2.45) is 0 Å². The van der Waals surface area contributed by atoms with Crippen LogP contribution in [0.5, 0.6) is 0 Å². The Balaban J connectivity index is 0.00000300. The van der Waals surface area contributed by atoms with Gasteiger partial charge in [0.05, 0.1) is 10.5 Å². The first-order valence-electron chi connectivity index (χ1n) is 8.80. The van der Waals surface area contributed by atoms with Crippen molar-refractivity contribution >= 4 is 33.8 Å². The first kappa shape index (κ1) is 23.3. The Bertz CT molecular complexity index is 959. The number of halogens is 4. The van der Waals surface area contributed by atoms with Gasteiger partial charge in [0.25, 0.3) is 10.0 Å². The minimum atomic E-state index is -4.60. The number of piperazine rings is 1. The molecule has 29 heavy (non-hydrogen) atoms. The van der Waals surface area contributed by atoms with E-state index < -0.39 is 26.7 Å². The van der Waals surface area contributed by atoms with Crippen LogP contribution < -0.4 is 9.62 Å². The fraction of sp³-hybridized carbons (Fsp3) is 0.368. The van der Waals surface area contributed by atoms with Crippen molar-refractivity contribution in [3.63, 3.8) is 0 Å². The smallest absolute Gasteiger partial charge is 0.369 e. The second-order valence-electron chi connectivity index (χ2n) is 6.92. The van der Waals surface area contributed by atoms with Gasteiger partial charge in [-0.05, 0) is 55.9 Å². The third-order valence-corrected chi connectivity index (χ3v) is 6.14. The zero-order chi connectivity index (χ0) is 20.5. The maximum absolute atomic E-state index is 12.9. The van der Waals surface area contributed by atoms with Crippen LogP contribution in [0.4, 0.5) is 24.5 Å². The standard InChI is InChI=1S/C19H22F3N3O2S.ClH/c1-14-12-16(6-7-18(14)25-10-8-24(2)9-11-25)23-28(26,27)17-5-3-4-15(13-17)19(20,21)22;/h3-7,12-13,23H,8-11H2,1-2H3;1H. The van der Waals surface area contributed by atoms with Crippen molar-refractivity contribution in [1.82, 2.24) is 4.90 Å². The van der Waals surface area contributed by atoms with Gasteiger partial charge in [0.15, 0.2) is 0 Å². The molecule has 160 valence electrons. The number of nitrogens with one attached hydrogen (secondary N) is 1. The van der Waals surface area contributed by atoms with Crippen molar-refractivity contribution in [3.05, 3.63) is 53.6 Å². The van der Waals surface area contributed by atoms with Gasteiger partial charge in [-0.15, -0.1) is 12.4 Å². The molecule has 0 bridgehead atoms. The molecule has 0 amide bonds. The molecule has 0 spiro atoms. The third-order valence-electron chi connectivity index (χ3n) is 4.76. The van der Waals surface area contributed by atoms with Gasteiger partial charge in [-0.1, -0.05) is 6.07 Å². The molecule has 1 aliphatic heterocycles. The fourth-order valence-corrected chi connectivity index (χ4v) is 4.27. The molecular weight excluding hydrogens is 427 g/mol. The summed E-state index contributed by atoms with van der Waals surface area (Å²) in [5, 5.41) is 0. The summed E-state index contributed by atoms with van der Waals surface area (Å²) in [5.41, 5.74) is 1.23. The van der Waals surface area contributed by atoms with Crippen LogP contribution in [0.1, 0.15) is 11.1 Å². The van der Waals surface area contributed by atoms with E-state index in [0.29, 0.717) is 11.8 Å². The Morgan fingerprint density at radius 2 is 1.66 bits per heavy atom. The highest BCUT2D eigenvalue weighted by atomic mass is 35.5. The van der Waals surface area contributed by atoms with Crippen LogP contribution in [-0.4, -0.2) is 46.5 Å². The predicted octanol–water partition coefficient (Wildman–Crippen LogP) is 3.99. The summed E-state index contributed by atoms with van der Waals surface area (Å²) in [6, 6.07) is 8.86. The van der Waals surface area contributed by atoms with Crippen LogP contribution in [0.2, 0.25) is 0 Å². The SMILES string of the molecule is Cc1cc(NS(=O)(=O)c2cccc(C(F)(F)F)c2)ccc1N1CCN(C)CC1.Cl. The van der Waals surface area contributed by atoms with Gasteiger partial charge in [-0.25, -0.2) is 8.42 Å². The first-order chi connectivity index (χ1) is 13.1. The maximum atomic E-state index is 12.9. The molecule has 3 rings (SSSR count). The number of likely N-dealkylation sites (N-methyl/N-ethyl adjacent to an activating group) is 1. The minimum absolute atomic E-state index is 0. The fourth-order valence-electron chi connectivity index (χ4n) is 3.17. The predicted molar refractivity (Wildman–Crippen MR) is 110 cm³/mol. The Morgan fingerprint density at radius 3 is 2.24 bits per heavy atom. The number of anilines is 2. The van der Waals surface area contributed by atoms with Crippen molar-refractivity contribution in [1.29, 1.82) is 0 Å². The molecule has 5 nitrogen and oxygen atoms in total. The molecule has 0 saturated carbocycles. The quantitative estimate of drug-likeness (QED) is 0.767. The van der Waals surface area contributed by atoms with E-state index in [9.17, 15) is 21.6 Å². The highest BCUT2D eigenvalue weighted by molar-refractivity contribution is 7.92. The molecule has 1 saturated heterocycles. The zero-order valence-electron chi connectivity index (χ0n) is 16.0. The molecule has 2 aromatic carbocycles. The molecule has 1 heterocycles. The Labute approximate surface area is 175 Å². The number of nitrogens with zero attached hydrogens (tertiary/aromatic N) is 2. The van der Waals surface area contributed by atoms with Crippen LogP contribution in [0.25, 0.3) is 0 Å². The van der Waals surface area contributed by atoms with Gasteiger partial charge >= 0.3 is 6.18 Å². The number of alkyl halides is 3. The molecule has 0 atom stereocenters. The molecule has 0 aromatic heterocycles. The lowest BCUT2D eigenvalue weighted by atomic mass is 10.1. The second kappa shape index (κ2) is 8.81. The van der Waals surface area contributed by atoms with E-state index in [2.05, 4.69) is 21.6 Å². The normalized spacial score (nSPS) is 15.7. The Morgan fingerprint density at radius 1 is 1.00 bits per heavy atom. The summed E-state index contributed by atoms with van der Waals surface area (Å²) in [6.07, 6.45) is -4.60. The summed E-state index contributed by atoms with van der Waals surface area (Å²) in [5.74, 6) is 0. The largest absolute Gasteiger partial charge is 0.416 e. The van der Waals surface area contributed by atoms with E-state index in [1.54, 1.807) is 12.1 Å². The molecule has 0 unspecified atom stereocenters. The summed E-state index contributed by atoms with van der Waals surface area (Å²) in [6.45, 7) is 5.54. The lowest BCUT2D eigenvalue weighted by Crippen LogP contribution is -2.44. The molecule has 0 aliphatic carbocycles. The van der Waals surface area contributed by atoms with Crippen LogP contribution in [-0.2, 0) is 16.2 Å². The monoisotopic (exact) mass is 449 g/mol. The average molecular weight is 450 g/mol. The Kier molecular flexibility index (Phi) is 7.08. The van der Waals surface area contributed by atoms with Crippen LogP contribution in [0, 0.1) is 6.92 Å². The van der Waals surface area contributed by atoms with Crippen LogP contribution in [0.3, 0.4) is 0 Å². The molecule has 10 heteroatoms. The number of hydrogen-bond acceptors (Lipinski definition) is 4. The van der Waals surface area contributed by atoms with Gasteiger partial charge < -0.3 is 9.80 Å². The van der Waals surface area contributed by atoms with Gasteiger partial charge in [0.1, 0.15) is 0 Å². The molecule has 1 fully saturated rings. The van der Waals surface area contributed by atoms with Crippen molar-refractivity contribution < 1.29 is 21.6 Å². The van der Waals surface area contributed by atoms with Crippen molar-refractivity contribution in [2.75, 3.05) is 42.8 Å². The zero-order valence-corrected chi connectivity index (χ0v) is 17.7. The molecule has 1 aliphatic rings. The van der Waals surface area contributed by atoms with E-state index in [-0.39, 0.29) is 12.4 Å². The van der Waals surface area contributed by atoms with Gasteiger partial charge in [-0.3, -0.25) is 4.72 Å². The lowest BCUT2D eigenvalue weighted by Gasteiger charge is -2.35. The molecule has 2 aromatic rings. The second-order valence-corrected chi connectivity index (χ2v) is 8.61. The molecular formula is C19H23ClF3N3O2S. The number of hydrogen-bond donors (Lipinski definition) is 1. The highest BCUT2D eigenvalue weighted by Gasteiger charge is 2.31. The summed E-state index contributed by atoms with van der Waals surface area (Å²) >= 11 is 0. The van der Waals surface area contributed by atoms with Gasteiger partial charge in [-0.2, -0.15) is 13.2 Å². The number of aryl methyl sites for hydroxylation is 1. The first-order valence-corrected chi connectivity index (χ1v) is 10.3.